The van der Waals surface area contributed by atoms with Crippen molar-refractivity contribution < 1.29 is 4.79 Å². The average Bonchev–Trinajstić information content (AvgIpc) is 2.48. The Morgan fingerprint density at radius 3 is 2.68 bits per heavy atom. The highest BCUT2D eigenvalue weighted by Gasteiger charge is 2.21. The van der Waals surface area contributed by atoms with Gasteiger partial charge in [-0.25, -0.2) is 0 Å². The summed E-state index contributed by atoms with van der Waals surface area (Å²) in [6.45, 7) is 9.08. The summed E-state index contributed by atoms with van der Waals surface area (Å²) in [6.07, 6.45) is 4.20. The van der Waals surface area contributed by atoms with E-state index in [1.807, 2.05) is 23.2 Å². The van der Waals surface area contributed by atoms with Gasteiger partial charge in [-0.2, -0.15) is 0 Å². The van der Waals surface area contributed by atoms with Gasteiger partial charge in [0, 0.05) is 45.0 Å². The van der Waals surface area contributed by atoms with Crippen molar-refractivity contribution in [3.8, 4) is 0 Å². The first-order valence-electron chi connectivity index (χ1n) is 7.10. The van der Waals surface area contributed by atoms with Gasteiger partial charge in [0.05, 0.1) is 0 Å². The van der Waals surface area contributed by atoms with E-state index in [0.717, 1.165) is 38.3 Å². The molecule has 0 saturated carbocycles. The second-order valence-electron chi connectivity index (χ2n) is 5.21. The summed E-state index contributed by atoms with van der Waals surface area (Å²) in [4.78, 5) is 20.8. The lowest BCUT2D eigenvalue weighted by Crippen LogP contribution is -2.48. The molecule has 0 spiro atoms. The van der Waals surface area contributed by atoms with Crippen molar-refractivity contribution in [1.82, 2.24) is 14.8 Å². The predicted molar refractivity (Wildman–Crippen MR) is 76.0 cm³/mol. The van der Waals surface area contributed by atoms with Crippen molar-refractivity contribution in [1.29, 1.82) is 0 Å². The second-order valence-corrected chi connectivity index (χ2v) is 5.21. The normalized spacial score (nSPS) is 18.3. The first-order chi connectivity index (χ1) is 9.20. The summed E-state index contributed by atoms with van der Waals surface area (Å²) in [5, 5.41) is 0. The molecule has 104 valence electrons. The zero-order valence-corrected chi connectivity index (χ0v) is 11.9. The van der Waals surface area contributed by atoms with Gasteiger partial charge in [0.25, 0.3) is 0 Å². The number of carbonyl (C=O) groups is 1. The van der Waals surface area contributed by atoms with Crippen LogP contribution in [0.3, 0.4) is 0 Å². The van der Waals surface area contributed by atoms with E-state index in [0.29, 0.717) is 6.42 Å². The molecule has 1 fully saturated rings. The van der Waals surface area contributed by atoms with E-state index in [9.17, 15) is 4.79 Å². The molecule has 1 aliphatic rings. The van der Waals surface area contributed by atoms with Crippen LogP contribution < -0.4 is 0 Å². The highest BCUT2D eigenvalue weighted by Crippen LogP contribution is 2.19. The van der Waals surface area contributed by atoms with Gasteiger partial charge in [-0.15, -0.1) is 0 Å². The van der Waals surface area contributed by atoms with E-state index in [1.54, 1.807) is 6.20 Å². The number of piperazine rings is 1. The Hall–Kier alpha value is -1.42. The smallest absolute Gasteiger partial charge is 0.223 e. The lowest BCUT2D eigenvalue weighted by Gasteiger charge is -2.34. The third-order valence-electron chi connectivity index (χ3n) is 3.91. The molecule has 0 aliphatic carbocycles. The van der Waals surface area contributed by atoms with Crippen LogP contribution in [0.5, 0.6) is 0 Å². The van der Waals surface area contributed by atoms with Gasteiger partial charge >= 0.3 is 0 Å². The molecule has 0 N–H and O–H groups in total. The Morgan fingerprint density at radius 2 is 2.11 bits per heavy atom. The third-order valence-corrected chi connectivity index (χ3v) is 3.91. The maximum absolute atomic E-state index is 12.3. The summed E-state index contributed by atoms with van der Waals surface area (Å²) in [7, 11) is 0. The molecule has 1 unspecified atom stereocenters. The van der Waals surface area contributed by atoms with Gasteiger partial charge in [0.1, 0.15) is 0 Å². The Bertz CT molecular complexity index is 399. The highest BCUT2D eigenvalue weighted by molar-refractivity contribution is 5.77. The Labute approximate surface area is 115 Å². The molecular weight excluding hydrogens is 238 g/mol. The van der Waals surface area contributed by atoms with E-state index in [1.165, 1.54) is 0 Å². The second kappa shape index (κ2) is 6.66. The summed E-state index contributed by atoms with van der Waals surface area (Å²) in [5.74, 6) is 0.512. The average molecular weight is 261 g/mol. The van der Waals surface area contributed by atoms with Gasteiger partial charge in [-0.3, -0.25) is 9.78 Å². The van der Waals surface area contributed by atoms with Crippen molar-refractivity contribution in [2.75, 3.05) is 32.7 Å². The van der Waals surface area contributed by atoms with Crippen LogP contribution in [0.15, 0.2) is 24.5 Å². The largest absolute Gasteiger partial charge is 0.340 e. The van der Waals surface area contributed by atoms with Crippen LogP contribution in [-0.2, 0) is 4.79 Å². The first kappa shape index (κ1) is 14.0. The Kier molecular flexibility index (Phi) is 4.91. The lowest BCUT2D eigenvalue weighted by molar-refractivity contribution is -0.133. The van der Waals surface area contributed by atoms with E-state index in [4.69, 9.17) is 0 Å². The number of rotatable bonds is 4. The third kappa shape index (κ3) is 3.77. The van der Waals surface area contributed by atoms with Crippen molar-refractivity contribution in [3.63, 3.8) is 0 Å². The van der Waals surface area contributed by atoms with Crippen molar-refractivity contribution in [3.05, 3.63) is 30.1 Å². The quantitative estimate of drug-likeness (QED) is 0.828. The SMILES string of the molecule is CCN1CCN(C(=O)CC(C)c2cccnc2)CC1. The van der Waals surface area contributed by atoms with Crippen LogP contribution in [0.4, 0.5) is 0 Å². The minimum Gasteiger partial charge on any atom is -0.340 e. The minimum atomic E-state index is 0.241. The van der Waals surface area contributed by atoms with E-state index in [2.05, 4.69) is 23.7 Å². The molecule has 2 heterocycles. The molecule has 1 aromatic heterocycles. The van der Waals surface area contributed by atoms with Crippen LogP contribution in [-0.4, -0.2) is 53.4 Å². The summed E-state index contributed by atoms with van der Waals surface area (Å²) in [5.41, 5.74) is 1.14. The molecule has 1 atom stereocenters. The lowest BCUT2D eigenvalue weighted by atomic mass is 9.99. The van der Waals surface area contributed by atoms with Gasteiger partial charge in [-0.1, -0.05) is 19.9 Å². The summed E-state index contributed by atoms with van der Waals surface area (Å²) >= 11 is 0. The number of likely N-dealkylation sites (N-methyl/N-ethyl adjacent to an activating group) is 1. The summed E-state index contributed by atoms with van der Waals surface area (Å²) < 4.78 is 0. The fraction of sp³-hybridized carbons (Fsp3) is 0.600. The van der Waals surface area contributed by atoms with Crippen LogP contribution in [0.25, 0.3) is 0 Å². The van der Waals surface area contributed by atoms with Gasteiger partial charge < -0.3 is 9.80 Å². The van der Waals surface area contributed by atoms with Gasteiger partial charge in [-0.05, 0) is 24.1 Å². The molecule has 1 aromatic rings. The molecular formula is C15H23N3O. The fourth-order valence-electron chi connectivity index (χ4n) is 2.49. The maximum atomic E-state index is 12.3. The molecule has 0 bridgehead atoms. The van der Waals surface area contributed by atoms with Crippen molar-refractivity contribution in [2.45, 2.75) is 26.2 Å². The molecule has 0 radical (unpaired) electrons. The highest BCUT2D eigenvalue weighted by atomic mass is 16.2. The number of hydrogen-bond acceptors (Lipinski definition) is 3. The fourth-order valence-corrected chi connectivity index (χ4v) is 2.49. The number of nitrogens with zero attached hydrogens (tertiary/aromatic N) is 3. The zero-order chi connectivity index (χ0) is 13.7. The Balaban J connectivity index is 1.84. The first-order valence-corrected chi connectivity index (χ1v) is 7.10. The molecule has 19 heavy (non-hydrogen) atoms. The van der Waals surface area contributed by atoms with Gasteiger partial charge in [0.15, 0.2) is 0 Å². The number of carbonyl (C=O) groups excluding carboxylic acids is 1. The number of pyridine rings is 1. The van der Waals surface area contributed by atoms with E-state index < -0.39 is 0 Å². The monoisotopic (exact) mass is 261 g/mol. The molecule has 1 aliphatic heterocycles. The number of aromatic nitrogens is 1. The Morgan fingerprint density at radius 1 is 1.37 bits per heavy atom. The predicted octanol–water partition coefficient (Wildman–Crippen LogP) is 1.74. The number of hydrogen-bond donors (Lipinski definition) is 0. The van der Waals surface area contributed by atoms with Gasteiger partial charge in [0.2, 0.25) is 5.91 Å². The molecule has 1 saturated heterocycles. The molecule has 2 rings (SSSR count). The van der Waals surface area contributed by atoms with E-state index >= 15 is 0 Å². The topological polar surface area (TPSA) is 36.4 Å². The minimum absolute atomic E-state index is 0.241. The van der Waals surface area contributed by atoms with Crippen molar-refractivity contribution >= 4 is 5.91 Å². The van der Waals surface area contributed by atoms with Crippen LogP contribution in [0.1, 0.15) is 31.7 Å². The molecule has 4 heteroatoms. The van der Waals surface area contributed by atoms with Crippen LogP contribution in [0.2, 0.25) is 0 Å². The van der Waals surface area contributed by atoms with Crippen molar-refractivity contribution in [2.24, 2.45) is 0 Å². The summed E-state index contributed by atoms with van der Waals surface area (Å²) in [6, 6.07) is 3.97. The molecule has 4 nitrogen and oxygen atoms in total. The maximum Gasteiger partial charge on any atom is 0.223 e. The molecule has 0 aromatic carbocycles. The zero-order valence-electron chi connectivity index (χ0n) is 11.9. The van der Waals surface area contributed by atoms with Crippen LogP contribution >= 0.6 is 0 Å². The molecule has 1 amide bonds. The van der Waals surface area contributed by atoms with Crippen LogP contribution in [0, 0.1) is 0 Å². The number of amides is 1. The standard InChI is InChI=1S/C15H23N3O/c1-3-17-7-9-18(10-8-17)15(19)11-13(2)14-5-4-6-16-12-14/h4-6,12-13H,3,7-11H2,1-2H3. The van der Waals surface area contributed by atoms with E-state index in [-0.39, 0.29) is 11.8 Å².